The van der Waals surface area contributed by atoms with Gasteiger partial charge < -0.3 is 19.1 Å². The quantitative estimate of drug-likeness (QED) is 0.226. The third-order valence-corrected chi connectivity index (χ3v) is 8.81. The molecule has 0 fully saturated rings. The van der Waals surface area contributed by atoms with Gasteiger partial charge in [0, 0.05) is 29.8 Å². The number of nitrogens with zero attached hydrogens (tertiary/aromatic N) is 2. The molecule has 1 N–H and O–H groups in total. The van der Waals surface area contributed by atoms with Crippen molar-refractivity contribution in [3.05, 3.63) is 112 Å². The van der Waals surface area contributed by atoms with E-state index < -0.39 is 27.2 Å². The Morgan fingerprint density at radius 1 is 0.953 bits per heavy atom. The van der Waals surface area contributed by atoms with E-state index in [0.717, 1.165) is 9.54 Å². The Morgan fingerprint density at radius 3 is 2.26 bits per heavy atom. The number of esters is 1. The zero-order valence-corrected chi connectivity index (χ0v) is 25.3. The highest BCUT2D eigenvalue weighted by Gasteiger charge is 2.31. The molecule has 2 heterocycles. The van der Waals surface area contributed by atoms with Gasteiger partial charge in [0.05, 0.1) is 17.1 Å². The summed E-state index contributed by atoms with van der Waals surface area (Å²) in [7, 11) is -2.93. The largest absolute Gasteiger partial charge is 0.461 e. The molecular weight excluding hydrogens is 568 g/mol. The van der Waals surface area contributed by atoms with Crippen molar-refractivity contribution < 1.29 is 27.8 Å². The van der Waals surface area contributed by atoms with Crippen LogP contribution in [0, 0.1) is 6.92 Å². The van der Waals surface area contributed by atoms with Gasteiger partial charge in [-0.3, -0.25) is 4.79 Å². The van der Waals surface area contributed by atoms with Crippen LogP contribution in [0.3, 0.4) is 0 Å². The van der Waals surface area contributed by atoms with Crippen LogP contribution in [-0.2, 0) is 27.4 Å². The molecule has 3 aromatic carbocycles. The van der Waals surface area contributed by atoms with Crippen LogP contribution >= 0.6 is 0 Å². The number of aryl methyl sites for hydroxylation is 2. The first kappa shape index (κ1) is 29.8. The van der Waals surface area contributed by atoms with Crippen LogP contribution in [0.25, 0.3) is 22.0 Å². The molecule has 9 nitrogen and oxygen atoms in total. The number of carbonyl (C=O) groups is 1. The first-order chi connectivity index (χ1) is 20.3. The predicted octanol–water partition coefficient (Wildman–Crippen LogP) is 5.75. The van der Waals surface area contributed by atoms with Gasteiger partial charge in [0.25, 0.3) is 15.6 Å². The van der Waals surface area contributed by atoms with Crippen LogP contribution in [0.1, 0.15) is 42.4 Å². The topological polar surface area (TPSA) is 117 Å². The lowest BCUT2D eigenvalue weighted by atomic mass is 9.93. The number of rotatable bonds is 8. The van der Waals surface area contributed by atoms with Gasteiger partial charge in [-0.05, 0) is 75.7 Å². The smallest absolute Gasteiger partial charge is 0.356 e. The van der Waals surface area contributed by atoms with Gasteiger partial charge in [0.2, 0.25) is 0 Å². The van der Waals surface area contributed by atoms with Crippen molar-refractivity contribution in [2.24, 2.45) is 7.05 Å². The maximum Gasteiger partial charge on any atom is 0.356 e. The second-order valence-corrected chi connectivity index (χ2v) is 12.5. The molecule has 0 aliphatic carbocycles. The predicted molar refractivity (Wildman–Crippen MR) is 164 cm³/mol. The highest BCUT2D eigenvalue weighted by atomic mass is 32.2. The van der Waals surface area contributed by atoms with E-state index in [1.807, 2.05) is 25.1 Å². The van der Waals surface area contributed by atoms with Crippen molar-refractivity contribution in [3.8, 4) is 22.6 Å². The van der Waals surface area contributed by atoms with Crippen LogP contribution in [0.2, 0.25) is 0 Å². The third kappa shape index (κ3) is 5.59. The molecule has 5 aromatic rings. The third-order valence-electron chi connectivity index (χ3n) is 7.08. The first-order valence-corrected chi connectivity index (χ1v) is 15.1. The molecule has 5 rings (SSSR count). The minimum absolute atomic E-state index is 0.00149. The van der Waals surface area contributed by atoms with E-state index in [4.69, 9.17) is 9.47 Å². The number of aliphatic hydroxyl groups is 1. The Balaban J connectivity index is 1.88. The molecule has 0 radical (unpaired) electrons. The minimum atomic E-state index is -4.43. The molecule has 222 valence electrons. The summed E-state index contributed by atoms with van der Waals surface area (Å²) in [4.78, 5) is 26.9. The zero-order valence-electron chi connectivity index (χ0n) is 24.5. The lowest BCUT2D eigenvalue weighted by molar-refractivity contribution is 0.0518. The average Bonchev–Trinajstić information content (AvgIpc) is 3.38. The zero-order chi connectivity index (χ0) is 31.1. The van der Waals surface area contributed by atoms with Crippen molar-refractivity contribution in [1.82, 2.24) is 8.54 Å². The van der Waals surface area contributed by atoms with Gasteiger partial charge in [0.1, 0.15) is 22.7 Å². The van der Waals surface area contributed by atoms with E-state index in [1.54, 1.807) is 69.4 Å². The van der Waals surface area contributed by atoms with E-state index in [1.165, 1.54) is 29.8 Å². The fourth-order valence-electron chi connectivity index (χ4n) is 4.84. The maximum atomic E-state index is 14.1. The molecule has 43 heavy (non-hydrogen) atoms. The number of hydrogen-bond donors (Lipinski definition) is 1. The Bertz CT molecular complexity index is 2000. The Morgan fingerprint density at radius 2 is 1.63 bits per heavy atom. The number of ether oxygens (including phenoxy) is 2. The standard InChI is InChI=1S/C33H32N2O7S/c1-6-41-32(37)28-19-26-27(25-18-22(33(3,4)38)14-17-29(25)42-23-10-8-7-9-11-23)20-34(5)31(36)30(26)35(28)43(39,40)24-15-12-21(2)13-16-24/h7-20,38H,6H2,1-5H3. The summed E-state index contributed by atoms with van der Waals surface area (Å²) < 4.78 is 41.7. The highest BCUT2D eigenvalue weighted by molar-refractivity contribution is 7.90. The Labute approximate surface area is 249 Å². The molecule has 0 aliphatic heterocycles. The lowest BCUT2D eigenvalue weighted by Crippen LogP contribution is -2.25. The summed E-state index contributed by atoms with van der Waals surface area (Å²) in [6, 6.07) is 21.7. The van der Waals surface area contributed by atoms with Crippen molar-refractivity contribution in [1.29, 1.82) is 0 Å². The summed E-state index contributed by atoms with van der Waals surface area (Å²) in [5.74, 6) is 0.0481. The van der Waals surface area contributed by atoms with Gasteiger partial charge in [-0.15, -0.1) is 0 Å². The maximum absolute atomic E-state index is 14.1. The van der Waals surface area contributed by atoms with Gasteiger partial charge >= 0.3 is 5.97 Å². The lowest BCUT2D eigenvalue weighted by Gasteiger charge is -2.21. The van der Waals surface area contributed by atoms with E-state index in [9.17, 15) is 23.1 Å². The molecule has 0 aliphatic rings. The number of benzene rings is 3. The van der Waals surface area contributed by atoms with Crippen LogP contribution in [-0.4, -0.2) is 34.6 Å². The molecule has 0 amide bonds. The fourth-order valence-corrected chi connectivity index (χ4v) is 6.34. The Kier molecular flexibility index (Phi) is 7.76. The molecule has 10 heteroatoms. The second kappa shape index (κ2) is 11.2. The number of pyridine rings is 1. The van der Waals surface area contributed by atoms with Crippen molar-refractivity contribution in [2.75, 3.05) is 6.61 Å². The van der Waals surface area contributed by atoms with Crippen molar-refractivity contribution in [2.45, 2.75) is 38.2 Å². The summed E-state index contributed by atoms with van der Waals surface area (Å²) in [5, 5.41) is 11.0. The SMILES string of the molecule is CCOC(=O)c1cc2c(-c3cc(C(C)(C)O)ccc3Oc3ccccc3)cn(C)c(=O)c2n1S(=O)(=O)c1ccc(C)cc1. The number of carbonyl (C=O) groups excluding carboxylic acids is 1. The number of fused-ring (bicyclic) bond motifs is 1. The van der Waals surface area contributed by atoms with Gasteiger partial charge in [0.15, 0.2) is 0 Å². The van der Waals surface area contributed by atoms with Crippen LogP contribution < -0.4 is 10.3 Å². The molecule has 0 atom stereocenters. The van der Waals surface area contributed by atoms with E-state index in [-0.39, 0.29) is 28.1 Å². The molecular formula is C33H32N2O7S. The highest BCUT2D eigenvalue weighted by Crippen LogP contribution is 2.40. The summed E-state index contributed by atoms with van der Waals surface area (Å²) in [6.07, 6.45) is 1.56. The van der Waals surface area contributed by atoms with E-state index >= 15 is 0 Å². The second-order valence-electron chi connectivity index (χ2n) is 10.7. The van der Waals surface area contributed by atoms with Crippen LogP contribution in [0.15, 0.2) is 94.7 Å². The van der Waals surface area contributed by atoms with Gasteiger partial charge in [-0.1, -0.05) is 42.0 Å². The normalized spacial score (nSPS) is 12.0. The van der Waals surface area contributed by atoms with E-state index in [0.29, 0.717) is 28.2 Å². The molecule has 2 aromatic heterocycles. The first-order valence-electron chi connectivity index (χ1n) is 13.7. The van der Waals surface area contributed by atoms with E-state index in [2.05, 4.69) is 0 Å². The van der Waals surface area contributed by atoms with Crippen molar-refractivity contribution >= 4 is 26.9 Å². The van der Waals surface area contributed by atoms with Crippen LogP contribution in [0.5, 0.6) is 11.5 Å². The van der Waals surface area contributed by atoms with Gasteiger partial charge in [-0.25, -0.2) is 17.2 Å². The number of hydrogen-bond acceptors (Lipinski definition) is 7. The Hall–Kier alpha value is -4.67. The summed E-state index contributed by atoms with van der Waals surface area (Å²) >= 11 is 0. The van der Waals surface area contributed by atoms with Crippen molar-refractivity contribution in [3.63, 3.8) is 0 Å². The monoisotopic (exact) mass is 600 g/mol. The van der Waals surface area contributed by atoms with Gasteiger partial charge in [-0.2, -0.15) is 0 Å². The fraction of sp³-hybridized carbons (Fsp3) is 0.212. The summed E-state index contributed by atoms with van der Waals surface area (Å²) in [5.41, 5.74) is -0.0958. The summed E-state index contributed by atoms with van der Waals surface area (Å²) in [6.45, 7) is 6.72. The minimum Gasteiger partial charge on any atom is -0.461 e. The molecule has 0 saturated heterocycles. The number of para-hydroxylation sites is 1. The number of aromatic nitrogens is 2. The molecule has 0 unspecified atom stereocenters. The molecule has 0 bridgehead atoms. The van der Waals surface area contributed by atoms with Crippen LogP contribution in [0.4, 0.5) is 0 Å². The average molecular weight is 601 g/mol. The molecule has 0 saturated carbocycles. The molecule has 0 spiro atoms.